The largest absolute Gasteiger partial charge is 0.357 e. The Kier molecular flexibility index (Phi) is 4.16. The average Bonchev–Trinajstić information content (AvgIpc) is 2.75. The molecule has 2 unspecified atom stereocenters. The van der Waals surface area contributed by atoms with Gasteiger partial charge in [-0.15, -0.1) is 0 Å². The summed E-state index contributed by atoms with van der Waals surface area (Å²) >= 11 is 0. The normalized spacial score (nSPS) is 25.2. The number of ether oxygens (including phenoxy) is 1. The zero-order chi connectivity index (χ0) is 18.3. The predicted octanol–water partition coefficient (Wildman–Crippen LogP) is 4.71. The van der Waals surface area contributed by atoms with Gasteiger partial charge in [0.1, 0.15) is 5.82 Å². The number of carbonyl (C=O) groups is 1. The van der Waals surface area contributed by atoms with Crippen LogP contribution in [0.15, 0.2) is 60.2 Å². The number of para-hydroxylation sites is 1. The molecule has 2 aromatic rings. The summed E-state index contributed by atoms with van der Waals surface area (Å²) in [5.41, 5.74) is 2.90. The second-order valence-corrected chi connectivity index (χ2v) is 7.25. The highest BCUT2D eigenvalue weighted by atomic mass is 19.1. The van der Waals surface area contributed by atoms with E-state index in [1.807, 2.05) is 31.2 Å². The number of benzene rings is 2. The molecule has 134 valence electrons. The molecule has 0 aromatic heterocycles. The van der Waals surface area contributed by atoms with Crippen molar-refractivity contribution in [3.8, 4) is 0 Å². The Morgan fingerprint density at radius 2 is 1.92 bits per heavy atom. The van der Waals surface area contributed by atoms with Gasteiger partial charge in [-0.1, -0.05) is 42.0 Å². The van der Waals surface area contributed by atoms with Gasteiger partial charge in [0.15, 0.2) is 5.60 Å². The van der Waals surface area contributed by atoms with Gasteiger partial charge in [0.05, 0.1) is 18.3 Å². The number of fused-ring (bicyclic) bond motifs is 2. The Morgan fingerprint density at radius 1 is 1.19 bits per heavy atom. The van der Waals surface area contributed by atoms with E-state index in [-0.39, 0.29) is 17.8 Å². The fourth-order valence-corrected chi connectivity index (χ4v) is 3.97. The Balaban J connectivity index is 1.77. The van der Waals surface area contributed by atoms with Crippen molar-refractivity contribution in [3.05, 3.63) is 77.1 Å². The number of rotatable bonds is 2. The SMILES string of the molecule is CC1=CCC(C)OC2(C1)C(=O)N(Cc1ccc(F)cc1)c1ccccc12. The molecule has 0 bridgehead atoms. The molecule has 0 saturated heterocycles. The first kappa shape index (κ1) is 17.0. The maximum absolute atomic E-state index is 13.6. The molecule has 3 nitrogen and oxygen atoms in total. The van der Waals surface area contributed by atoms with Crippen molar-refractivity contribution < 1.29 is 13.9 Å². The van der Waals surface area contributed by atoms with E-state index in [9.17, 15) is 9.18 Å². The van der Waals surface area contributed by atoms with Crippen molar-refractivity contribution in [2.75, 3.05) is 4.90 Å². The molecular formula is C22H22FNO2. The lowest BCUT2D eigenvalue weighted by molar-refractivity contribution is -0.150. The highest BCUT2D eigenvalue weighted by Crippen LogP contribution is 2.48. The summed E-state index contributed by atoms with van der Waals surface area (Å²) in [6.07, 6.45) is 3.50. The third-order valence-corrected chi connectivity index (χ3v) is 5.20. The summed E-state index contributed by atoms with van der Waals surface area (Å²) in [5.74, 6) is -0.315. The van der Waals surface area contributed by atoms with Crippen molar-refractivity contribution in [1.82, 2.24) is 0 Å². The third-order valence-electron chi connectivity index (χ3n) is 5.20. The van der Waals surface area contributed by atoms with Crippen LogP contribution in [0.5, 0.6) is 0 Å². The third kappa shape index (κ3) is 2.74. The monoisotopic (exact) mass is 351 g/mol. The van der Waals surface area contributed by atoms with Crippen LogP contribution in [0.1, 0.15) is 37.8 Å². The minimum Gasteiger partial charge on any atom is -0.357 e. The number of hydrogen-bond donors (Lipinski definition) is 0. The average molecular weight is 351 g/mol. The van der Waals surface area contributed by atoms with Gasteiger partial charge in [-0.05, 0) is 44.0 Å². The molecule has 2 aliphatic heterocycles. The molecule has 4 heteroatoms. The van der Waals surface area contributed by atoms with Crippen LogP contribution in [-0.2, 0) is 21.7 Å². The van der Waals surface area contributed by atoms with E-state index in [0.717, 1.165) is 23.2 Å². The molecular weight excluding hydrogens is 329 g/mol. The summed E-state index contributed by atoms with van der Waals surface area (Å²) in [6, 6.07) is 14.1. The van der Waals surface area contributed by atoms with Gasteiger partial charge in [-0.25, -0.2) is 4.39 Å². The molecule has 2 aromatic carbocycles. The summed E-state index contributed by atoms with van der Waals surface area (Å²) in [4.78, 5) is 15.3. The maximum Gasteiger partial charge on any atom is 0.264 e. The summed E-state index contributed by atoms with van der Waals surface area (Å²) < 4.78 is 19.6. The topological polar surface area (TPSA) is 29.5 Å². The van der Waals surface area contributed by atoms with Crippen LogP contribution in [0.4, 0.5) is 10.1 Å². The van der Waals surface area contributed by atoms with Gasteiger partial charge >= 0.3 is 0 Å². The first-order chi connectivity index (χ1) is 12.5. The molecule has 0 radical (unpaired) electrons. The summed E-state index contributed by atoms with van der Waals surface area (Å²) in [5, 5.41) is 0. The van der Waals surface area contributed by atoms with Crippen molar-refractivity contribution in [3.63, 3.8) is 0 Å². The van der Waals surface area contributed by atoms with E-state index in [2.05, 4.69) is 13.0 Å². The highest BCUT2D eigenvalue weighted by Gasteiger charge is 2.53. The Bertz CT molecular complexity index is 874. The van der Waals surface area contributed by atoms with E-state index in [4.69, 9.17) is 4.74 Å². The fraction of sp³-hybridized carbons (Fsp3) is 0.318. The zero-order valence-electron chi connectivity index (χ0n) is 15.0. The molecule has 4 rings (SSSR count). The molecule has 26 heavy (non-hydrogen) atoms. The van der Waals surface area contributed by atoms with Crippen molar-refractivity contribution in [2.45, 2.75) is 44.9 Å². The predicted molar refractivity (Wildman–Crippen MR) is 99.2 cm³/mol. The molecule has 1 amide bonds. The van der Waals surface area contributed by atoms with Crippen molar-refractivity contribution >= 4 is 11.6 Å². The van der Waals surface area contributed by atoms with Crippen LogP contribution in [0, 0.1) is 5.82 Å². The van der Waals surface area contributed by atoms with Gasteiger partial charge in [0.2, 0.25) is 0 Å². The van der Waals surface area contributed by atoms with Gasteiger partial charge in [0, 0.05) is 12.0 Å². The summed E-state index contributed by atoms with van der Waals surface area (Å²) in [7, 11) is 0. The lowest BCUT2D eigenvalue weighted by Gasteiger charge is -2.30. The van der Waals surface area contributed by atoms with Gasteiger partial charge < -0.3 is 9.64 Å². The van der Waals surface area contributed by atoms with Crippen LogP contribution in [0.25, 0.3) is 0 Å². The smallest absolute Gasteiger partial charge is 0.264 e. The maximum atomic E-state index is 13.6. The van der Waals surface area contributed by atoms with Crippen molar-refractivity contribution in [2.24, 2.45) is 0 Å². The quantitative estimate of drug-likeness (QED) is 0.733. The van der Waals surface area contributed by atoms with E-state index in [1.54, 1.807) is 17.0 Å². The van der Waals surface area contributed by atoms with E-state index in [0.29, 0.717) is 13.0 Å². The molecule has 2 aliphatic rings. The van der Waals surface area contributed by atoms with E-state index in [1.165, 1.54) is 17.7 Å². The second-order valence-electron chi connectivity index (χ2n) is 7.25. The van der Waals surface area contributed by atoms with Crippen LogP contribution in [0.2, 0.25) is 0 Å². The van der Waals surface area contributed by atoms with Crippen LogP contribution in [-0.4, -0.2) is 12.0 Å². The van der Waals surface area contributed by atoms with Crippen molar-refractivity contribution in [1.29, 1.82) is 0 Å². The number of carbonyl (C=O) groups excluding carboxylic acids is 1. The molecule has 0 aliphatic carbocycles. The summed E-state index contributed by atoms with van der Waals surface area (Å²) in [6.45, 7) is 4.47. The lowest BCUT2D eigenvalue weighted by Crippen LogP contribution is -2.43. The van der Waals surface area contributed by atoms with Crippen LogP contribution < -0.4 is 4.90 Å². The first-order valence-electron chi connectivity index (χ1n) is 8.99. The Morgan fingerprint density at radius 3 is 2.69 bits per heavy atom. The number of halogens is 1. The number of anilines is 1. The first-order valence-corrected chi connectivity index (χ1v) is 8.99. The molecule has 0 fully saturated rings. The van der Waals surface area contributed by atoms with Gasteiger partial charge in [-0.2, -0.15) is 0 Å². The standard InChI is InChI=1S/C22H22FNO2/c1-15-7-8-16(2)26-22(13-15)19-5-3-4-6-20(19)24(21(22)25)14-17-9-11-18(23)12-10-17/h3-7,9-12,16H,8,13-14H2,1-2H3. The van der Waals surface area contributed by atoms with E-state index >= 15 is 0 Å². The van der Waals surface area contributed by atoms with Crippen LogP contribution >= 0.6 is 0 Å². The molecule has 2 atom stereocenters. The molecule has 0 saturated carbocycles. The number of nitrogens with zero attached hydrogens (tertiary/aromatic N) is 1. The van der Waals surface area contributed by atoms with E-state index < -0.39 is 5.60 Å². The molecule has 0 N–H and O–H groups in total. The number of amides is 1. The Hall–Kier alpha value is -2.46. The number of hydrogen-bond acceptors (Lipinski definition) is 2. The fourth-order valence-electron chi connectivity index (χ4n) is 3.97. The lowest BCUT2D eigenvalue weighted by atomic mass is 9.88. The second kappa shape index (κ2) is 6.36. The van der Waals surface area contributed by atoms with Gasteiger partial charge in [0.25, 0.3) is 5.91 Å². The zero-order valence-corrected chi connectivity index (χ0v) is 15.0. The van der Waals surface area contributed by atoms with Crippen LogP contribution in [0.3, 0.4) is 0 Å². The van der Waals surface area contributed by atoms with Gasteiger partial charge in [-0.3, -0.25) is 4.79 Å². The molecule has 1 spiro atoms. The minimum absolute atomic E-state index is 0.0322. The minimum atomic E-state index is -0.965. The Labute approximate surface area is 153 Å². The highest BCUT2D eigenvalue weighted by molar-refractivity contribution is 6.07. The molecule has 2 heterocycles.